The van der Waals surface area contributed by atoms with Gasteiger partial charge in [0.2, 0.25) is 10.0 Å². The highest BCUT2D eigenvalue weighted by Gasteiger charge is 2.12. The predicted octanol–water partition coefficient (Wildman–Crippen LogP) is 3.58. The Morgan fingerprint density at radius 2 is 1.90 bits per heavy atom. The molecule has 0 aliphatic heterocycles. The van der Waals surface area contributed by atoms with Crippen molar-refractivity contribution in [2.45, 2.75) is 24.8 Å². The van der Waals surface area contributed by atoms with Crippen LogP contribution in [-0.4, -0.2) is 8.42 Å². The van der Waals surface area contributed by atoms with Crippen molar-refractivity contribution in [3.05, 3.63) is 58.1 Å². The minimum atomic E-state index is -3.70. The summed E-state index contributed by atoms with van der Waals surface area (Å²) in [5, 5.41) is 8.50. The van der Waals surface area contributed by atoms with E-state index in [1.165, 1.54) is 6.07 Å². The molecule has 21 heavy (non-hydrogen) atoms. The number of primary sulfonamides is 1. The molecule has 0 bridgehead atoms. The summed E-state index contributed by atoms with van der Waals surface area (Å²) in [6.07, 6.45) is 0. The fourth-order valence-corrected chi connectivity index (χ4v) is 2.98. The van der Waals surface area contributed by atoms with Gasteiger partial charge in [0.05, 0.1) is 4.90 Å². The van der Waals surface area contributed by atoms with Crippen molar-refractivity contribution in [2.24, 2.45) is 5.14 Å². The molecule has 0 fully saturated rings. The number of nitrogens with one attached hydrogen (secondary N) is 1. The van der Waals surface area contributed by atoms with Gasteiger partial charge in [-0.2, -0.15) is 0 Å². The minimum Gasteiger partial charge on any atom is -0.378 e. The molecule has 2 aromatic rings. The van der Waals surface area contributed by atoms with Gasteiger partial charge in [0.15, 0.2) is 0 Å². The summed E-state index contributed by atoms with van der Waals surface area (Å²) in [7, 11) is -3.70. The summed E-state index contributed by atoms with van der Waals surface area (Å²) >= 11 is 3.44. The summed E-state index contributed by atoms with van der Waals surface area (Å²) in [4.78, 5) is 0.108. The second-order valence-corrected chi connectivity index (χ2v) is 7.42. The average Bonchev–Trinajstić information content (AvgIpc) is 2.40. The molecule has 1 unspecified atom stereocenters. The zero-order chi connectivity index (χ0) is 15.6. The van der Waals surface area contributed by atoms with Gasteiger partial charge >= 0.3 is 0 Å². The second-order valence-electron chi connectivity index (χ2n) is 4.94. The van der Waals surface area contributed by atoms with Crippen LogP contribution in [0.5, 0.6) is 0 Å². The van der Waals surface area contributed by atoms with Gasteiger partial charge in [-0.25, -0.2) is 13.6 Å². The molecule has 2 rings (SSSR count). The lowest BCUT2D eigenvalue weighted by Crippen LogP contribution is -2.13. The molecule has 0 aliphatic rings. The van der Waals surface area contributed by atoms with Crippen molar-refractivity contribution in [1.29, 1.82) is 0 Å². The van der Waals surface area contributed by atoms with Crippen molar-refractivity contribution in [2.75, 3.05) is 5.32 Å². The first-order valence-corrected chi connectivity index (χ1v) is 8.77. The van der Waals surface area contributed by atoms with Crippen LogP contribution in [0, 0.1) is 6.92 Å². The molecule has 1 atom stereocenters. The van der Waals surface area contributed by atoms with E-state index in [-0.39, 0.29) is 10.9 Å². The van der Waals surface area contributed by atoms with Gasteiger partial charge in [0, 0.05) is 16.2 Å². The molecular formula is C15H17BrN2O2S. The Morgan fingerprint density at radius 1 is 1.19 bits per heavy atom. The highest BCUT2D eigenvalue weighted by atomic mass is 79.9. The number of rotatable bonds is 4. The monoisotopic (exact) mass is 368 g/mol. The SMILES string of the molecule is Cc1ccc(S(N)(=O)=O)cc1NC(C)c1cccc(Br)c1. The molecule has 0 spiro atoms. The van der Waals surface area contributed by atoms with E-state index in [9.17, 15) is 8.42 Å². The first kappa shape index (κ1) is 16.0. The third-order valence-corrected chi connectivity index (χ3v) is 4.66. The normalized spacial score (nSPS) is 13.0. The van der Waals surface area contributed by atoms with Crippen molar-refractivity contribution >= 4 is 31.6 Å². The van der Waals surface area contributed by atoms with Gasteiger partial charge in [-0.15, -0.1) is 0 Å². The van der Waals surface area contributed by atoms with Gasteiger partial charge in [-0.05, 0) is 49.2 Å². The lowest BCUT2D eigenvalue weighted by molar-refractivity contribution is 0.598. The van der Waals surface area contributed by atoms with Crippen LogP contribution in [-0.2, 0) is 10.0 Å². The topological polar surface area (TPSA) is 72.2 Å². The summed E-state index contributed by atoms with van der Waals surface area (Å²) in [6.45, 7) is 3.94. The lowest BCUT2D eigenvalue weighted by atomic mass is 10.1. The fourth-order valence-electron chi connectivity index (χ4n) is 2.03. The molecule has 3 N–H and O–H groups in total. The van der Waals surface area contributed by atoms with Crippen LogP contribution in [0.2, 0.25) is 0 Å². The molecule has 4 nitrogen and oxygen atoms in total. The summed E-state index contributed by atoms with van der Waals surface area (Å²) in [5.74, 6) is 0. The molecule has 2 aromatic carbocycles. The first-order chi connectivity index (χ1) is 9.77. The van der Waals surface area contributed by atoms with Crippen molar-refractivity contribution in [3.8, 4) is 0 Å². The molecule has 112 valence electrons. The van der Waals surface area contributed by atoms with Crippen LogP contribution >= 0.6 is 15.9 Å². The van der Waals surface area contributed by atoms with Crippen LogP contribution in [0.1, 0.15) is 24.1 Å². The van der Waals surface area contributed by atoms with Crippen LogP contribution in [0.4, 0.5) is 5.69 Å². The zero-order valence-electron chi connectivity index (χ0n) is 11.8. The maximum Gasteiger partial charge on any atom is 0.238 e. The van der Waals surface area contributed by atoms with Gasteiger partial charge in [0.25, 0.3) is 0 Å². The quantitative estimate of drug-likeness (QED) is 0.865. The molecule has 6 heteroatoms. The van der Waals surface area contributed by atoms with E-state index in [2.05, 4.69) is 21.2 Å². The Kier molecular flexibility index (Phi) is 4.70. The van der Waals surface area contributed by atoms with E-state index in [1.807, 2.05) is 38.1 Å². The Hall–Kier alpha value is -1.37. The van der Waals surface area contributed by atoms with Crippen LogP contribution in [0.25, 0.3) is 0 Å². The highest BCUT2D eigenvalue weighted by molar-refractivity contribution is 9.10. The number of sulfonamides is 1. The minimum absolute atomic E-state index is 0.0388. The smallest absolute Gasteiger partial charge is 0.238 e. The maximum absolute atomic E-state index is 11.4. The largest absolute Gasteiger partial charge is 0.378 e. The van der Waals surface area contributed by atoms with E-state index in [0.29, 0.717) is 0 Å². The van der Waals surface area contributed by atoms with Crippen LogP contribution < -0.4 is 10.5 Å². The van der Waals surface area contributed by atoms with E-state index in [1.54, 1.807) is 12.1 Å². The van der Waals surface area contributed by atoms with Crippen molar-refractivity contribution in [1.82, 2.24) is 0 Å². The molecule has 0 aliphatic carbocycles. The summed E-state index contributed by atoms with van der Waals surface area (Å²) in [5.41, 5.74) is 2.82. The molecule has 0 radical (unpaired) electrons. The van der Waals surface area contributed by atoms with E-state index < -0.39 is 10.0 Å². The molecule has 0 saturated carbocycles. The average molecular weight is 369 g/mol. The van der Waals surface area contributed by atoms with Crippen LogP contribution in [0.15, 0.2) is 51.8 Å². The van der Waals surface area contributed by atoms with E-state index in [4.69, 9.17) is 5.14 Å². The second kappa shape index (κ2) is 6.17. The Balaban J connectivity index is 2.31. The standard InChI is InChI=1S/C15H17BrN2O2S/c1-10-6-7-14(21(17,19)20)9-15(10)18-11(2)12-4-3-5-13(16)8-12/h3-9,11,18H,1-2H3,(H2,17,19,20). The number of nitrogens with two attached hydrogens (primary N) is 1. The predicted molar refractivity (Wildman–Crippen MR) is 88.7 cm³/mol. The first-order valence-electron chi connectivity index (χ1n) is 6.43. The molecular weight excluding hydrogens is 352 g/mol. The number of benzene rings is 2. The van der Waals surface area contributed by atoms with E-state index >= 15 is 0 Å². The molecule has 0 heterocycles. The number of aryl methyl sites for hydroxylation is 1. The Labute approximate surface area is 133 Å². The number of hydrogen-bond acceptors (Lipinski definition) is 3. The van der Waals surface area contributed by atoms with Crippen molar-refractivity contribution < 1.29 is 8.42 Å². The van der Waals surface area contributed by atoms with Crippen molar-refractivity contribution in [3.63, 3.8) is 0 Å². The number of anilines is 1. The van der Waals surface area contributed by atoms with E-state index in [0.717, 1.165) is 21.3 Å². The Morgan fingerprint density at radius 3 is 2.52 bits per heavy atom. The number of hydrogen-bond donors (Lipinski definition) is 2. The Bertz CT molecular complexity index is 760. The maximum atomic E-state index is 11.4. The number of halogens is 1. The van der Waals surface area contributed by atoms with Gasteiger partial charge in [-0.1, -0.05) is 34.1 Å². The summed E-state index contributed by atoms with van der Waals surface area (Å²) in [6, 6.07) is 12.8. The lowest BCUT2D eigenvalue weighted by Gasteiger charge is -2.18. The third-order valence-electron chi connectivity index (χ3n) is 3.26. The molecule has 0 saturated heterocycles. The zero-order valence-corrected chi connectivity index (χ0v) is 14.2. The third kappa shape index (κ3) is 4.06. The molecule has 0 aromatic heterocycles. The van der Waals surface area contributed by atoms with Gasteiger partial charge < -0.3 is 5.32 Å². The highest BCUT2D eigenvalue weighted by Crippen LogP contribution is 2.25. The molecule has 0 amide bonds. The fraction of sp³-hybridized carbons (Fsp3) is 0.200. The summed E-state index contributed by atoms with van der Waals surface area (Å²) < 4.78 is 23.9. The van der Waals surface area contributed by atoms with Gasteiger partial charge in [0.1, 0.15) is 0 Å². The van der Waals surface area contributed by atoms with Crippen LogP contribution in [0.3, 0.4) is 0 Å². The van der Waals surface area contributed by atoms with Gasteiger partial charge in [-0.3, -0.25) is 0 Å².